The van der Waals surface area contributed by atoms with E-state index in [1.54, 1.807) is 13.8 Å². The summed E-state index contributed by atoms with van der Waals surface area (Å²) in [5, 5.41) is 46.0. The molecule has 0 saturated carbocycles. The minimum atomic E-state index is -2.81. The number of aryl methyl sites for hydroxylation is 4. The van der Waals surface area contributed by atoms with Crippen LogP contribution in [0.25, 0.3) is 0 Å². The number of hydrogen-bond acceptors (Lipinski definition) is 12. The van der Waals surface area contributed by atoms with Gasteiger partial charge in [-0.05, 0) is 150 Å². The smallest absolute Gasteiger partial charge is 0.432 e. The zero-order valence-electron chi connectivity index (χ0n) is 57.7. The molecule has 0 aliphatic rings. The minimum absolute atomic E-state index is 0. The second kappa shape index (κ2) is 26.6. The summed E-state index contributed by atoms with van der Waals surface area (Å²) in [4.78, 5) is 58.5. The molecule has 1 atom stereocenters. The Labute approximate surface area is 521 Å². The number of benzene rings is 4. The third-order valence-corrected chi connectivity index (χ3v) is 15.8. The molecule has 0 fully saturated rings. The van der Waals surface area contributed by atoms with Gasteiger partial charge in [-0.1, -0.05) is 215 Å². The predicted molar refractivity (Wildman–Crippen MR) is 352 cm³/mol. The highest BCUT2D eigenvalue weighted by atomic mass is 31.0. The van der Waals surface area contributed by atoms with E-state index in [0.29, 0.717) is 33.4 Å². The standard InChI is InChI=1S/C73H108O12.H3P/c1-64(2,3)48-35-44(36-49(60(48)78)65(4,5)6)27-31-56(74)82-43-72(25,26)73(83-57(75)32-28-45-37-50(66(7,8)9)61(79)51(38-45)67(10,11)12,84-58(76)33-29-46-39-52(68(13,14)15)62(80)53(40-46)69(16,17)18)85-59(77)34-30-47-41-54(70(19,20)21)63(81)55(42-47)71(22,23)24;/h35-42,78-81H,27-34,43H2,1-26H3;1H3. The first-order valence-corrected chi connectivity index (χ1v) is 30.5. The van der Waals surface area contributed by atoms with E-state index in [1.807, 2.05) is 215 Å². The molecule has 1 unspecified atom stereocenters. The fourth-order valence-corrected chi connectivity index (χ4v) is 10.4. The first-order valence-electron chi connectivity index (χ1n) is 30.5. The summed E-state index contributed by atoms with van der Waals surface area (Å²) in [6.07, 6.45) is -0.264. The van der Waals surface area contributed by atoms with E-state index in [9.17, 15) is 39.6 Å². The molecule has 480 valence electrons. The van der Waals surface area contributed by atoms with Crippen molar-refractivity contribution in [1.82, 2.24) is 0 Å². The molecule has 4 N–H and O–H groups in total. The fraction of sp³-hybridized carbons (Fsp3) is 0.616. The van der Waals surface area contributed by atoms with Crippen LogP contribution in [0.15, 0.2) is 48.5 Å². The molecule has 13 heteroatoms. The van der Waals surface area contributed by atoms with E-state index in [0.717, 1.165) is 33.4 Å². The molecule has 0 saturated heterocycles. The van der Waals surface area contributed by atoms with Gasteiger partial charge in [-0.15, -0.1) is 0 Å². The highest BCUT2D eigenvalue weighted by molar-refractivity contribution is 6.92. The van der Waals surface area contributed by atoms with Gasteiger partial charge in [0.15, 0.2) is 0 Å². The molecule has 0 aliphatic carbocycles. The summed E-state index contributed by atoms with van der Waals surface area (Å²) in [6.45, 7) is 50.7. The number of esters is 4. The van der Waals surface area contributed by atoms with Gasteiger partial charge in [-0.3, -0.25) is 19.2 Å². The lowest BCUT2D eigenvalue weighted by Gasteiger charge is -2.41. The molecule has 86 heavy (non-hydrogen) atoms. The van der Waals surface area contributed by atoms with Crippen LogP contribution in [0.5, 0.6) is 23.0 Å². The number of ether oxygens (including phenoxy) is 4. The third kappa shape index (κ3) is 19.2. The summed E-state index contributed by atoms with van der Waals surface area (Å²) in [6, 6.07) is 15.1. The average Bonchev–Trinajstić information content (AvgIpc) is 1.43. The molecular weight excluding hydrogens is 1100 g/mol. The van der Waals surface area contributed by atoms with Gasteiger partial charge in [0.25, 0.3) is 0 Å². The Balaban J connectivity index is 0.0000194. The molecule has 4 rings (SSSR count). The first kappa shape index (κ1) is 74.6. The van der Waals surface area contributed by atoms with Gasteiger partial charge < -0.3 is 39.4 Å². The maximum Gasteiger partial charge on any atom is 0.432 e. The first-order chi connectivity index (χ1) is 38.2. The van der Waals surface area contributed by atoms with Crippen LogP contribution in [-0.2, 0) is 107 Å². The van der Waals surface area contributed by atoms with E-state index < -0.39 is 85.2 Å². The highest BCUT2D eigenvalue weighted by Gasteiger charge is 2.58. The number of aromatic hydroxyl groups is 4. The van der Waals surface area contributed by atoms with Crippen molar-refractivity contribution in [2.24, 2.45) is 5.41 Å². The Morgan fingerprint density at radius 3 is 0.628 bits per heavy atom. The van der Waals surface area contributed by atoms with E-state index >= 15 is 0 Å². The maximum absolute atomic E-state index is 14.8. The molecule has 0 aromatic heterocycles. The molecular formula is C73H111O12P. The summed E-state index contributed by atoms with van der Waals surface area (Å²) in [5.74, 6) is -5.33. The monoisotopic (exact) mass is 1210 g/mol. The van der Waals surface area contributed by atoms with Gasteiger partial charge >= 0.3 is 29.9 Å². The van der Waals surface area contributed by atoms with E-state index in [-0.39, 0.29) is 84.3 Å². The van der Waals surface area contributed by atoms with Crippen LogP contribution < -0.4 is 0 Å². The zero-order valence-corrected chi connectivity index (χ0v) is 59.2. The van der Waals surface area contributed by atoms with Crippen molar-refractivity contribution in [3.05, 3.63) is 115 Å². The van der Waals surface area contributed by atoms with Crippen LogP contribution in [0.4, 0.5) is 0 Å². The average molecular weight is 1210 g/mol. The Bertz CT molecular complexity index is 2700. The number of carbonyl (C=O) groups excluding carboxylic acids is 4. The van der Waals surface area contributed by atoms with Crippen LogP contribution in [0.3, 0.4) is 0 Å². The largest absolute Gasteiger partial charge is 0.507 e. The van der Waals surface area contributed by atoms with Crippen molar-refractivity contribution >= 4 is 33.8 Å². The molecule has 0 aliphatic heterocycles. The van der Waals surface area contributed by atoms with E-state index in [1.165, 1.54) is 0 Å². The summed E-state index contributed by atoms with van der Waals surface area (Å²) in [5.41, 5.74) is 3.43. The maximum atomic E-state index is 14.8. The lowest BCUT2D eigenvalue weighted by atomic mass is 9.78. The molecule has 4 aromatic carbocycles. The normalized spacial score (nSPS) is 13.2. The van der Waals surface area contributed by atoms with Gasteiger partial charge in [0.05, 0.1) is 0 Å². The summed E-state index contributed by atoms with van der Waals surface area (Å²) >= 11 is 0. The summed E-state index contributed by atoms with van der Waals surface area (Å²) < 4.78 is 25.2. The van der Waals surface area contributed by atoms with Gasteiger partial charge in [0.2, 0.25) is 0 Å². The third-order valence-electron chi connectivity index (χ3n) is 15.8. The predicted octanol–water partition coefficient (Wildman–Crippen LogP) is 16.6. The highest BCUT2D eigenvalue weighted by Crippen LogP contribution is 2.46. The number of phenols is 4. The zero-order chi connectivity index (χ0) is 65.4. The van der Waals surface area contributed by atoms with Crippen molar-refractivity contribution in [2.75, 3.05) is 6.61 Å². The molecule has 4 aromatic rings. The lowest BCUT2D eigenvalue weighted by molar-refractivity contribution is -0.377. The van der Waals surface area contributed by atoms with Gasteiger partial charge in [0.1, 0.15) is 35.0 Å². The van der Waals surface area contributed by atoms with Crippen LogP contribution in [-0.4, -0.2) is 56.9 Å². The lowest BCUT2D eigenvalue weighted by Crippen LogP contribution is -2.57. The molecule has 12 nitrogen and oxygen atoms in total. The Morgan fingerprint density at radius 2 is 0.465 bits per heavy atom. The van der Waals surface area contributed by atoms with Crippen molar-refractivity contribution in [3.8, 4) is 23.0 Å². The van der Waals surface area contributed by atoms with Crippen molar-refractivity contribution < 1.29 is 58.6 Å². The van der Waals surface area contributed by atoms with Crippen LogP contribution >= 0.6 is 9.90 Å². The number of rotatable bonds is 18. The molecule has 0 amide bonds. The number of phenolic OH excluding ortho intramolecular Hbond substituents is 4. The second-order valence-electron chi connectivity index (χ2n) is 32.7. The van der Waals surface area contributed by atoms with Crippen LogP contribution in [0, 0.1) is 5.41 Å². The fourth-order valence-electron chi connectivity index (χ4n) is 10.4. The van der Waals surface area contributed by atoms with Crippen LogP contribution in [0.2, 0.25) is 0 Å². The quantitative estimate of drug-likeness (QED) is 0.0420. The van der Waals surface area contributed by atoms with E-state index in [4.69, 9.17) is 18.9 Å². The molecule has 0 bridgehead atoms. The van der Waals surface area contributed by atoms with Crippen molar-refractivity contribution in [3.63, 3.8) is 0 Å². The van der Waals surface area contributed by atoms with E-state index in [2.05, 4.69) is 0 Å². The number of carbonyl (C=O) groups is 4. The SMILES string of the molecule is CC(C)(C)c1cc(CCC(=O)OCC(C)(C)C(OC(=O)CCc2cc(C(C)(C)C)c(O)c(C(C)(C)C)c2)(OC(=O)CCc2cc(C(C)(C)C)c(O)c(C(C)(C)C)c2)OC(=O)CCc2cc(C(C)(C)C)c(O)c(C(C)(C)C)c2)cc(C(C)(C)C)c1O.P. The van der Waals surface area contributed by atoms with Gasteiger partial charge in [0, 0.05) is 25.7 Å². The minimum Gasteiger partial charge on any atom is -0.507 e. The second-order valence-corrected chi connectivity index (χ2v) is 32.7. The Kier molecular flexibility index (Phi) is 23.1. The molecule has 0 heterocycles. The Hall–Kier alpha value is -5.61. The van der Waals surface area contributed by atoms with Crippen LogP contribution in [0.1, 0.15) is 272 Å². The van der Waals surface area contributed by atoms with Gasteiger partial charge in [-0.25, -0.2) is 0 Å². The molecule has 0 radical (unpaired) electrons. The molecule has 0 spiro atoms. The number of hydrogen-bond donors (Lipinski definition) is 4. The topological polar surface area (TPSA) is 186 Å². The van der Waals surface area contributed by atoms with Gasteiger partial charge in [-0.2, -0.15) is 9.90 Å². The summed E-state index contributed by atoms with van der Waals surface area (Å²) in [7, 11) is 0. The Morgan fingerprint density at radius 1 is 0.302 bits per heavy atom. The van der Waals surface area contributed by atoms with Crippen molar-refractivity contribution in [2.45, 2.75) is 281 Å². The van der Waals surface area contributed by atoms with Crippen molar-refractivity contribution in [1.29, 1.82) is 0 Å².